The molecule has 0 aliphatic heterocycles. The van der Waals surface area contributed by atoms with E-state index in [1.54, 1.807) is 0 Å². The Bertz CT molecular complexity index is 896. The second kappa shape index (κ2) is 9.57. The topological polar surface area (TPSA) is 168 Å². The Hall–Kier alpha value is -4.08. The Morgan fingerprint density at radius 1 is 0.786 bits per heavy atom. The van der Waals surface area contributed by atoms with Crippen LogP contribution in [0.3, 0.4) is 0 Å². The number of hydrogen-bond acceptors (Lipinski definition) is 8. The van der Waals surface area contributed by atoms with Gasteiger partial charge in [0.1, 0.15) is 34.1 Å². The van der Waals surface area contributed by atoms with Gasteiger partial charge in [0.15, 0.2) is 0 Å². The summed E-state index contributed by atoms with van der Waals surface area (Å²) in [6, 6.07) is 7.42. The van der Waals surface area contributed by atoms with Crippen LogP contribution in [0.25, 0.3) is 0 Å². The first-order chi connectivity index (χ1) is 13.0. The molecule has 28 heavy (non-hydrogen) atoms. The fourth-order valence-electron chi connectivity index (χ4n) is 1.90. The third-order valence-electron chi connectivity index (χ3n) is 2.93. The van der Waals surface area contributed by atoms with Crippen LogP contribution in [0, 0.1) is 0 Å². The minimum absolute atomic E-state index is 0.110. The monoisotopic (exact) mass is 392 g/mol. The molecule has 0 aliphatic carbocycles. The Morgan fingerprint density at radius 2 is 1.32 bits per heavy atom. The summed E-state index contributed by atoms with van der Waals surface area (Å²) in [6.45, 7) is 2.35. The SMILES string of the molecule is CC(=O)Oc1ccc(C(=O)O)c(OC(C)=O)c1.O=C(O)c1c(O)cccc1O. The number of phenols is 2. The highest BCUT2D eigenvalue weighted by atomic mass is 16.5. The number of benzene rings is 2. The van der Waals surface area contributed by atoms with Gasteiger partial charge in [-0.05, 0) is 24.3 Å². The predicted molar refractivity (Wildman–Crippen MR) is 92.8 cm³/mol. The molecule has 0 fully saturated rings. The second-order valence-corrected chi connectivity index (χ2v) is 5.13. The van der Waals surface area contributed by atoms with Crippen LogP contribution in [0.1, 0.15) is 34.6 Å². The molecule has 0 spiro atoms. The van der Waals surface area contributed by atoms with E-state index in [-0.39, 0.29) is 17.1 Å². The van der Waals surface area contributed by atoms with Crippen LogP contribution in [-0.4, -0.2) is 44.3 Å². The van der Waals surface area contributed by atoms with Crippen molar-refractivity contribution in [1.29, 1.82) is 0 Å². The molecule has 0 saturated heterocycles. The van der Waals surface area contributed by atoms with Gasteiger partial charge in [0.25, 0.3) is 0 Å². The molecule has 0 atom stereocenters. The standard InChI is InChI=1S/C11H10O6.C7H6O4/c1-6(12)16-8-3-4-9(11(14)15)10(5-8)17-7(2)13;8-4-2-1-3-5(9)6(4)7(10)11/h3-5H,1-2H3,(H,14,15);1-3,8-9H,(H,10,11). The van der Waals surface area contributed by atoms with Gasteiger partial charge in [-0.15, -0.1) is 0 Å². The summed E-state index contributed by atoms with van der Waals surface area (Å²) in [6.07, 6.45) is 0. The largest absolute Gasteiger partial charge is 0.507 e. The average molecular weight is 392 g/mol. The zero-order chi connectivity index (χ0) is 21.4. The minimum atomic E-state index is -1.35. The van der Waals surface area contributed by atoms with Crippen LogP contribution < -0.4 is 9.47 Å². The van der Waals surface area contributed by atoms with Gasteiger partial charge in [0.2, 0.25) is 0 Å². The van der Waals surface area contributed by atoms with Gasteiger partial charge < -0.3 is 29.9 Å². The maximum Gasteiger partial charge on any atom is 0.343 e. The normalized spacial score (nSPS) is 9.50. The maximum atomic E-state index is 10.8. The lowest BCUT2D eigenvalue weighted by atomic mass is 10.2. The van der Waals surface area contributed by atoms with Crippen LogP contribution in [0.4, 0.5) is 0 Å². The van der Waals surface area contributed by atoms with Crippen LogP contribution in [-0.2, 0) is 9.59 Å². The summed E-state index contributed by atoms with van der Waals surface area (Å²) in [5, 5.41) is 35.1. The van der Waals surface area contributed by atoms with Gasteiger partial charge in [-0.1, -0.05) is 6.07 Å². The van der Waals surface area contributed by atoms with Crippen LogP contribution in [0.5, 0.6) is 23.0 Å². The van der Waals surface area contributed by atoms with E-state index in [0.717, 1.165) is 6.92 Å². The highest BCUT2D eigenvalue weighted by Gasteiger charge is 2.15. The number of carboxylic acid groups (broad SMARTS) is 2. The molecule has 4 N–H and O–H groups in total. The average Bonchev–Trinajstić information content (AvgIpc) is 2.53. The molecular weight excluding hydrogens is 376 g/mol. The number of esters is 2. The summed E-state index contributed by atoms with van der Waals surface area (Å²) in [5.41, 5.74) is -0.649. The number of carboxylic acids is 2. The third-order valence-corrected chi connectivity index (χ3v) is 2.93. The van der Waals surface area contributed by atoms with Gasteiger partial charge in [0, 0.05) is 19.9 Å². The van der Waals surface area contributed by atoms with E-state index >= 15 is 0 Å². The van der Waals surface area contributed by atoms with E-state index in [0.29, 0.717) is 0 Å². The van der Waals surface area contributed by atoms with Crippen LogP contribution in [0.15, 0.2) is 36.4 Å². The molecule has 0 heterocycles. The van der Waals surface area contributed by atoms with Crippen molar-refractivity contribution in [2.24, 2.45) is 0 Å². The summed E-state index contributed by atoms with van der Waals surface area (Å²) in [4.78, 5) is 42.7. The van der Waals surface area contributed by atoms with E-state index in [1.165, 1.54) is 43.3 Å². The third kappa shape index (κ3) is 6.33. The van der Waals surface area contributed by atoms with E-state index in [2.05, 4.69) is 0 Å². The zero-order valence-corrected chi connectivity index (χ0v) is 14.7. The molecule has 10 nitrogen and oxygen atoms in total. The van der Waals surface area contributed by atoms with E-state index < -0.39 is 40.9 Å². The number of carbonyl (C=O) groups excluding carboxylic acids is 2. The summed E-state index contributed by atoms with van der Waals surface area (Å²) < 4.78 is 9.47. The van der Waals surface area contributed by atoms with Crippen molar-refractivity contribution in [1.82, 2.24) is 0 Å². The van der Waals surface area contributed by atoms with Crippen molar-refractivity contribution in [2.75, 3.05) is 0 Å². The molecule has 2 aromatic rings. The smallest absolute Gasteiger partial charge is 0.343 e. The number of aromatic carboxylic acids is 2. The Kier molecular flexibility index (Phi) is 7.51. The van der Waals surface area contributed by atoms with Crippen LogP contribution in [0.2, 0.25) is 0 Å². The van der Waals surface area contributed by atoms with E-state index in [1.807, 2.05) is 0 Å². The minimum Gasteiger partial charge on any atom is -0.507 e. The lowest BCUT2D eigenvalue weighted by molar-refractivity contribution is -0.132. The van der Waals surface area contributed by atoms with Crippen LogP contribution >= 0.6 is 0 Å². The molecule has 0 unspecified atom stereocenters. The lowest BCUT2D eigenvalue weighted by Crippen LogP contribution is -2.08. The Labute approximate surface area is 158 Å². The summed E-state index contributed by atoms with van der Waals surface area (Å²) in [7, 11) is 0. The predicted octanol–water partition coefficient (Wildman–Crippen LogP) is 2.03. The second-order valence-electron chi connectivity index (χ2n) is 5.13. The van der Waals surface area contributed by atoms with Crippen molar-refractivity contribution in [3.63, 3.8) is 0 Å². The van der Waals surface area contributed by atoms with Gasteiger partial charge in [-0.3, -0.25) is 9.59 Å². The first kappa shape index (κ1) is 22.0. The van der Waals surface area contributed by atoms with Crippen molar-refractivity contribution in [3.05, 3.63) is 47.5 Å². The number of carbonyl (C=O) groups is 4. The maximum absolute atomic E-state index is 10.8. The van der Waals surface area contributed by atoms with E-state index in [4.69, 9.17) is 29.9 Å². The van der Waals surface area contributed by atoms with Gasteiger partial charge in [-0.2, -0.15) is 0 Å². The Morgan fingerprint density at radius 3 is 1.71 bits per heavy atom. The molecule has 2 aromatic carbocycles. The van der Waals surface area contributed by atoms with Gasteiger partial charge in [0.05, 0.1) is 0 Å². The molecular formula is C18H16O10. The molecule has 10 heteroatoms. The quantitative estimate of drug-likeness (QED) is 0.446. The fraction of sp³-hybridized carbons (Fsp3) is 0.111. The summed E-state index contributed by atoms with van der Waals surface area (Å²) >= 11 is 0. The van der Waals surface area contributed by atoms with Gasteiger partial charge >= 0.3 is 23.9 Å². The van der Waals surface area contributed by atoms with E-state index in [9.17, 15) is 19.2 Å². The fourth-order valence-corrected chi connectivity index (χ4v) is 1.90. The summed E-state index contributed by atoms with van der Waals surface area (Å²) in [5.74, 6) is -4.72. The number of rotatable bonds is 4. The zero-order valence-electron chi connectivity index (χ0n) is 14.7. The number of hydrogen-bond donors (Lipinski definition) is 4. The van der Waals surface area contributed by atoms with Crippen molar-refractivity contribution in [3.8, 4) is 23.0 Å². The molecule has 2 rings (SSSR count). The number of ether oxygens (including phenoxy) is 2. The lowest BCUT2D eigenvalue weighted by Gasteiger charge is -2.07. The Balaban J connectivity index is 0.000000307. The highest BCUT2D eigenvalue weighted by Crippen LogP contribution is 2.26. The molecule has 0 aromatic heterocycles. The van der Waals surface area contributed by atoms with Crippen molar-refractivity contribution in [2.45, 2.75) is 13.8 Å². The molecule has 0 radical (unpaired) electrons. The molecule has 0 amide bonds. The highest BCUT2D eigenvalue weighted by molar-refractivity contribution is 5.94. The van der Waals surface area contributed by atoms with Crippen molar-refractivity contribution < 1.29 is 49.1 Å². The first-order valence-corrected chi connectivity index (χ1v) is 7.51. The number of aromatic hydroxyl groups is 2. The first-order valence-electron chi connectivity index (χ1n) is 7.51. The molecule has 0 bridgehead atoms. The molecule has 0 saturated carbocycles. The molecule has 0 aliphatic rings. The van der Waals surface area contributed by atoms with Crippen molar-refractivity contribution >= 4 is 23.9 Å². The van der Waals surface area contributed by atoms with Gasteiger partial charge in [-0.25, -0.2) is 9.59 Å². The molecule has 148 valence electrons.